The van der Waals surface area contributed by atoms with Crippen LogP contribution in [0, 0.1) is 0 Å². The molecule has 3 rings (SSSR count). The molecule has 1 aliphatic rings. The highest BCUT2D eigenvalue weighted by molar-refractivity contribution is 7.92. The third-order valence-electron chi connectivity index (χ3n) is 4.03. The maximum Gasteiger partial charge on any atom is 0.235 e. The highest BCUT2D eigenvalue weighted by Crippen LogP contribution is 2.32. The zero-order valence-corrected chi connectivity index (χ0v) is 15.1. The van der Waals surface area contributed by atoms with E-state index in [2.05, 4.69) is 5.32 Å². The number of carbonyl (C=O) groups is 1. The molecular weight excluding hydrogens is 364 g/mol. The average molecular weight is 383 g/mol. The fourth-order valence-electron chi connectivity index (χ4n) is 2.76. The number of carbonyl (C=O) groups excluding carboxylic acids is 1. The molecule has 2 aromatic rings. The largest absolute Gasteiger partial charge is 0.469 e. The Hall–Kier alpha value is -1.99. The summed E-state index contributed by atoms with van der Waals surface area (Å²) in [5.41, 5.74) is 0.988. The van der Waals surface area contributed by atoms with Crippen molar-refractivity contribution in [3.05, 3.63) is 47.4 Å². The number of nitrogens with zero attached hydrogens (tertiary/aromatic N) is 1. The Morgan fingerprint density at radius 2 is 2.12 bits per heavy atom. The number of hydrogen-bond acceptors (Lipinski definition) is 4. The van der Waals surface area contributed by atoms with E-state index in [1.165, 1.54) is 4.31 Å². The van der Waals surface area contributed by atoms with Gasteiger partial charge < -0.3 is 9.73 Å². The Labute approximate surface area is 151 Å². The van der Waals surface area contributed by atoms with Gasteiger partial charge in [-0.05, 0) is 43.2 Å². The summed E-state index contributed by atoms with van der Waals surface area (Å²) in [7, 11) is -3.32. The molecule has 8 heteroatoms. The number of aryl methyl sites for hydroxylation is 1. The lowest BCUT2D eigenvalue weighted by molar-refractivity contribution is -0.116. The van der Waals surface area contributed by atoms with Gasteiger partial charge in [-0.1, -0.05) is 11.6 Å². The Kier molecular flexibility index (Phi) is 5.34. The molecule has 2 heterocycles. The van der Waals surface area contributed by atoms with Gasteiger partial charge in [-0.3, -0.25) is 9.10 Å². The molecule has 0 bridgehead atoms. The lowest BCUT2D eigenvalue weighted by atomic mass is 10.2. The second-order valence-corrected chi connectivity index (χ2v) is 8.31. The van der Waals surface area contributed by atoms with Crippen LogP contribution < -0.4 is 9.62 Å². The molecule has 1 aliphatic heterocycles. The topological polar surface area (TPSA) is 79.6 Å². The number of hydrogen-bond donors (Lipinski definition) is 1. The summed E-state index contributed by atoms with van der Waals surface area (Å²) in [5.74, 6) is 0.721. The number of sulfonamides is 1. The molecule has 134 valence electrons. The minimum Gasteiger partial charge on any atom is -0.469 e. The predicted molar refractivity (Wildman–Crippen MR) is 97.5 cm³/mol. The molecule has 0 unspecified atom stereocenters. The van der Waals surface area contributed by atoms with Crippen molar-refractivity contribution in [3.8, 4) is 0 Å². The summed E-state index contributed by atoms with van der Waals surface area (Å²) in [4.78, 5) is 12.0. The van der Waals surface area contributed by atoms with Crippen LogP contribution >= 0.6 is 11.6 Å². The number of amides is 1. The van der Waals surface area contributed by atoms with Gasteiger partial charge in [-0.25, -0.2) is 8.42 Å². The van der Waals surface area contributed by atoms with Crippen molar-refractivity contribution in [2.45, 2.75) is 25.7 Å². The fraction of sp³-hybridized carbons (Fsp3) is 0.353. The third kappa shape index (κ3) is 4.35. The molecular formula is C17H19ClN2O4S. The summed E-state index contributed by atoms with van der Waals surface area (Å²) in [6.07, 6.45) is 3.84. The molecule has 1 aromatic carbocycles. The maximum absolute atomic E-state index is 12.2. The third-order valence-corrected chi connectivity index (χ3v) is 6.19. The van der Waals surface area contributed by atoms with Crippen LogP contribution in [-0.4, -0.2) is 26.6 Å². The van der Waals surface area contributed by atoms with Crippen molar-refractivity contribution in [3.63, 3.8) is 0 Å². The molecule has 0 saturated carbocycles. The van der Waals surface area contributed by atoms with Crippen molar-refractivity contribution >= 4 is 38.9 Å². The quantitative estimate of drug-likeness (QED) is 0.859. The molecule has 1 N–H and O–H groups in total. The maximum atomic E-state index is 12.2. The van der Waals surface area contributed by atoms with Crippen molar-refractivity contribution in [2.75, 3.05) is 21.9 Å². The van der Waals surface area contributed by atoms with E-state index >= 15 is 0 Å². The summed E-state index contributed by atoms with van der Waals surface area (Å²) in [6.45, 7) is 0.427. The summed E-state index contributed by atoms with van der Waals surface area (Å²) < 4.78 is 30.9. The molecule has 0 radical (unpaired) electrons. The van der Waals surface area contributed by atoms with Crippen molar-refractivity contribution < 1.29 is 17.6 Å². The highest BCUT2D eigenvalue weighted by Gasteiger charge is 2.27. The fourth-order valence-corrected chi connectivity index (χ4v) is 4.75. The summed E-state index contributed by atoms with van der Waals surface area (Å²) >= 11 is 6.26. The van der Waals surface area contributed by atoms with Gasteiger partial charge in [0.25, 0.3) is 0 Å². The molecule has 6 nitrogen and oxygen atoms in total. The molecule has 1 fully saturated rings. The number of rotatable bonds is 5. The predicted octanol–water partition coefficient (Wildman–Crippen LogP) is 3.43. The normalized spacial score (nSPS) is 16.6. The smallest absolute Gasteiger partial charge is 0.235 e. The summed E-state index contributed by atoms with van der Waals surface area (Å²) in [6, 6.07) is 8.47. The van der Waals surface area contributed by atoms with E-state index in [1.807, 2.05) is 6.07 Å². The van der Waals surface area contributed by atoms with Crippen LogP contribution in [0.4, 0.5) is 11.4 Å². The number of anilines is 2. The van der Waals surface area contributed by atoms with Crippen LogP contribution in [0.2, 0.25) is 5.02 Å². The SMILES string of the molecule is O=C(CCc1ccco1)Nc1ccc(N2CCCCS2(=O)=O)c(Cl)c1. The second kappa shape index (κ2) is 7.49. The molecule has 1 aromatic heterocycles. The Balaban J connectivity index is 1.66. The van der Waals surface area contributed by atoms with Crippen molar-refractivity contribution in [2.24, 2.45) is 0 Å². The number of halogens is 1. The van der Waals surface area contributed by atoms with E-state index in [0.717, 1.165) is 12.2 Å². The van der Waals surface area contributed by atoms with Crippen LogP contribution in [0.15, 0.2) is 41.0 Å². The Morgan fingerprint density at radius 3 is 2.80 bits per heavy atom. The number of benzene rings is 1. The standard InChI is InChI=1S/C17H19ClN2O4S/c18-15-12-13(19-17(21)8-6-14-4-3-10-24-14)5-7-16(15)20-9-1-2-11-25(20,22)23/h3-5,7,10,12H,1-2,6,8-9,11H2,(H,19,21). The van der Waals surface area contributed by atoms with E-state index in [-0.39, 0.29) is 18.1 Å². The number of furan rings is 1. The first-order valence-corrected chi connectivity index (χ1v) is 10.1. The van der Waals surface area contributed by atoms with E-state index in [4.69, 9.17) is 16.0 Å². The van der Waals surface area contributed by atoms with Gasteiger partial charge in [0.1, 0.15) is 5.76 Å². The van der Waals surface area contributed by atoms with E-state index in [1.54, 1.807) is 30.5 Å². The van der Waals surface area contributed by atoms with Gasteiger partial charge in [-0.2, -0.15) is 0 Å². The van der Waals surface area contributed by atoms with Crippen LogP contribution in [0.1, 0.15) is 25.0 Å². The van der Waals surface area contributed by atoms with Crippen LogP contribution in [-0.2, 0) is 21.2 Å². The van der Waals surface area contributed by atoms with E-state index < -0.39 is 10.0 Å². The molecule has 0 spiro atoms. The second-order valence-electron chi connectivity index (χ2n) is 5.89. The van der Waals surface area contributed by atoms with Gasteiger partial charge >= 0.3 is 0 Å². The molecule has 1 amide bonds. The molecule has 0 aliphatic carbocycles. The van der Waals surface area contributed by atoms with Gasteiger partial charge in [0.15, 0.2) is 0 Å². The zero-order chi connectivity index (χ0) is 17.9. The average Bonchev–Trinajstić information content (AvgIpc) is 3.07. The minimum atomic E-state index is -3.32. The Morgan fingerprint density at radius 1 is 1.28 bits per heavy atom. The molecule has 25 heavy (non-hydrogen) atoms. The monoisotopic (exact) mass is 382 g/mol. The van der Waals surface area contributed by atoms with Crippen LogP contribution in [0.25, 0.3) is 0 Å². The van der Waals surface area contributed by atoms with Crippen molar-refractivity contribution in [1.29, 1.82) is 0 Å². The lowest BCUT2D eigenvalue weighted by Crippen LogP contribution is -2.38. The zero-order valence-electron chi connectivity index (χ0n) is 13.6. The molecule has 1 saturated heterocycles. The van der Waals surface area contributed by atoms with Gasteiger partial charge in [0, 0.05) is 25.1 Å². The highest BCUT2D eigenvalue weighted by atomic mass is 35.5. The van der Waals surface area contributed by atoms with Crippen LogP contribution in [0.3, 0.4) is 0 Å². The van der Waals surface area contributed by atoms with E-state index in [0.29, 0.717) is 35.8 Å². The summed E-state index contributed by atoms with van der Waals surface area (Å²) in [5, 5.41) is 3.06. The first-order valence-electron chi connectivity index (χ1n) is 8.08. The minimum absolute atomic E-state index is 0.134. The first kappa shape index (κ1) is 17.8. The van der Waals surface area contributed by atoms with Gasteiger partial charge in [0.05, 0.1) is 22.7 Å². The van der Waals surface area contributed by atoms with Gasteiger partial charge in [-0.15, -0.1) is 0 Å². The lowest BCUT2D eigenvalue weighted by Gasteiger charge is -2.29. The van der Waals surface area contributed by atoms with Crippen LogP contribution in [0.5, 0.6) is 0 Å². The van der Waals surface area contributed by atoms with Crippen molar-refractivity contribution in [1.82, 2.24) is 0 Å². The number of nitrogens with one attached hydrogen (secondary N) is 1. The van der Waals surface area contributed by atoms with E-state index in [9.17, 15) is 13.2 Å². The molecule has 0 atom stereocenters. The first-order chi connectivity index (χ1) is 12.0. The van der Waals surface area contributed by atoms with Gasteiger partial charge in [0.2, 0.25) is 15.9 Å². The Bertz CT molecular complexity index is 850.